The Morgan fingerprint density at radius 3 is 2.62 bits per heavy atom. The number of hydrogen-bond acceptors (Lipinski definition) is 8. The third-order valence-electron chi connectivity index (χ3n) is 4.57. The van der Waals surface area contributed by atoms with Crippen LogP contribution in [0.2, 0.25) is 5.02 Å². The van der Waals surface area contributed by atoms with Gasteiger partial charge in [-0.25, -0.2) is 24.7 Å². The van der Waals surface area contributed by atoms with Crippen molar-refractivity contribution in [2.24, 2.45) is 0 Å². The smallest absolute Gasteiger partial charge is 0.341 e. The first kappa shape index (κ1) is 22.0. The van der Waals surface area contributed by atoms with Crippen molar-refractivity contribution in [3.8, 4) is 0 Å². The fraction of sp³-hybridized carbons (Fsp3) is 0.174. The number of fused-ring (bicyclic) bond motifs is 1. The third kappa shape index (κ3) is 5.15. The van der Waals surface area contributed by atoms with Gasteiger partial charge in [0.05, 0.1) is 23.5 Å². The van der Waals surface area contributed by atoms with Crippen LogP contribution in [0.1, 0.15) is 28.7 Å². The molecule has 0 aliphatic carbocycles. The molecule has 2 aromatic carbocycles. The molecule has 4 rings (SSSR count). The molecule has 0 unspecified atom stereocenters. The van der Waals surface area contributed by atoms with Crippen LogP contribution >= 0.6 is 23.4 Å². The molecule has 7 nitrogen and oxygen atoms in total. The predicted octanol–water partition coefficient (Wildman–Crippen LogP) is 5.59. The second-order valence-electron chi connectivity index (χ2n) is 6.79. The SMILES string of the molecule is CCOC(=O)c1cnc(Nc2nc(C)c3ccccc3n2)nc1CSc1ccc(Cl)cc1. The molecule has 0 amide bonds. The third-order valence-corrected chi connectivity index (χ3v) is 5.84. The molecule has 0 spiro atoms. The summed E-state index contributed by atoms with van der Waals surface area (Å²) in [4.78, 5) is 31.3. The maximum atomic E-state index is 12.4. The van der Waals surface area contributed by atoms with E-state index in [9.17, 15) is 4.79 Å². The number of carbonyl (C=O) groups is 1. The predicted molar refractivity (Wildman–Crippen MR) is 127 cm³/mol. The Kier molecular flexibility index (Phi) is 6.82. The van der Waals surface area contributed by atoms with Gasteiger partial charge in [0.1, 0.15) is 5.56 Å². The van der Waals surface area contributed by atoms with Crippen LogP contribution in [-0.4, -0.2) is 32.5 Å². The van der Waals surface area contributed by atoms with Crippen LogP contribution in [0.5, 0.6) is 0 Å². The number of aromatic nitrogens is 4. The summed E-state index contributed by atoms with van der Waals surface area (Å²) in [5.41, 5.74) is 2.55. The number of nitrogens with one attached hydrogen (secondary N) is 1. The highest BCUT2D eigenvalue weighted by atomic mass is 35.5. The van der Waals surface area contributed by atoms with Crippen LogP contribution in [0.4, 0.5) is 11.9 Å². The van der Waals surface area contributed by atoms with E-state index in [4.69, 9.17) is 16.3 Å². The molecule has 0 saturated carbocycles. The van der Waals surface area contributed by atoms with Gasteiger partial charge in [0.15, 0.2) is 0 Å². The van der Waals surface area contributed by atoms with Crippen molar-refractivity contribution in [1.29, 1.82) is 0 Å². The fourth-order valence-corrected chi connectivity index (χ4v) is 4.02. The molecule has 162 valence electrons. The number of carbonyl (C=O) groups excluding carboxylic acids is 1. The minimum absolute atomic E-state index is 0.271. The van der Waals surface area contributed by atoms with E-state index in [1.54, 1.807) is 6.92 Å². The lowest BCUT2D eigenvalue weighted by Gasteiger charge is -2.11. The molecule has 32 heavy (non-hydrogen) atoms. The number of anilines is 2. The van der Waals surface area contributed by atoms with Crippen molar-refractivity contribution in [3.05, 3.63) is 76.7 Å². The van der Waals surface area contributed by atoms with E-state index < -0.39 is 5.97 Å². The highest BCUT2D eigenvalue weighted by molar-refractivity contribution is 7.98. The Balaban J connectivity index is 1.62. The Hall–Kier alpha value is -3.23. The van der Waals surface area contributed by atoms with Crippen molar-refractivity contribution in [1.82, 2.24) is 19.9 Å². The van der Waals surface area contributed by atoms with Gasteiger partial charge in [-0.3, -0.25) is 5.32 Å². The van der Waals surface area contributed by atoms with E-state index in [2.05, 4.69) is 25.3 Å². The minimum atomic E-state index is -0.455. The Morgan fingerprint density at radius 1 is 1.06 bits per heavy atom. The summed E-state index contributed by atoms with van der Waals surface area (Å²) in [6.07, 6.45) is 1.47. The van der Waals surface area contributed by atoms with E-state index in [0.29, 0.717) is 33.9 Å². The van der Waals surface area contributed by atoms with Crippen molar-refractivity contribution in [2.45, 2.75) is 24.5 Å². The molecular weight excluding hydrogens is 446 g/mol. The van der Waals surface area contributed by atoms with Crippen molar-refractivity contribution >= 4 is 52.1 Å². The minimum Gasteiger partial charge on any atom is -0.462 e. The summed E-state index contributed by atoms with van der Waals surface area (Å²) in [6.45, 7) is 3.96. The zero-order valence-corrected chi connectivity index (χ0v) is 19.1. The van der Waals surface area contributed by atoms with Crippen LogP contribution < -0.4 is 5.32 Å². The van der Waals surface area contributed by atoms with Crippen LogP contribution in [0.3, 0.4) is 0 Å². The molecule has 0 aliphatic heterocycles. The number of ether oxygens (including phenoxy) is 1. The lowest BCUT2D eigenvalue weighted by atomic mass is 10.2. The van der Waals surface area contributed by atoms with Gasteiger partial charge in [0, 0.05) is 27.3 Å². The monoisotopic (exact) mass is 465 g/mol. The Labute approximate surface area is 194 Å². The summed E-state index contributed by atoms with van der Waals surface area (Å²) < 4.78 is 5.17. The molecule has 2 heterocycles. The van der Waals surface area contributed by atoms with Gasteiger partial charge in [-0.15, -0.1) is 11.8 Å². The van der Waals surface area contributed by atoms with Crippen molar-refractivity contribution in [3.63, 3.8) is 0 Å². The lowest BCUT2D eigenvalue weighted by Crippen LogP contribution is -2.12. The summed E-state index contributed by atoms with van der Waals surface area (Å²) in [6, 6.07) is 15.3. The average Bonchev–Trinajstić information content (AvgIpc) is 2.79. The highest BCUT2D eigenvalue weighted by Crippen LogP contribution is 2.26. The molecule has 4 aromatic rings. The summed E-state index contributed by atoms with van der Waals surface area (Å²) >= 11 is 7.50. The number of para-hydroxylation sites is 1. The van der Waals surface area contributed by atoms with E-state index in [1.807, 2.05) is 55.5 Å². The molecule has 9 heteroatoms. The van der Waals surface area contributed by atoms with E-state index in [1.165, 1.54) is 18.0 Å². The topological polar surface area (TPSA) is 89.9 Å². The number of benzene rings is 2. The zero-order chi connectivity index (χ0) is 22.5. The van der Waals surface area contributed by atoms with Crippen LogP contribution in [0.25, 0.3) is 10.9 Å². The normalized spacial score (nSPS) is 10.8. The molecular formula is C23H20ClN5O2S. The Bertz CT molecular complexity index is 1270. The molecule has 0 bridgehead atoms. The Morgan fingerprint density at radius 2 is 1.84 bits per heavy atom. The molecule has 2 aromatic heterocycles. The van der Waals surface area contributed by atoms with Crippen LogP contribution in [0.15, 0.2) is 59.6 Å². The lowest BCUT2D eigenvalue weighted by molar-refractivity contribution is 0.0524. The molecule has 0 atom stereocenters. The van der Waals surface area contributed by atoms with Gasteiger partial charge in [0.25, 0.3) is 0 Å². The summed E-state index contributed by atoms with van der Waals surface area (Å²) in [7, 11) is 0. The van der Waals surface area contributed by atoms with Gasteiger partial charge >= 0.3 is 5.97 Å². The average molecular weight is 466 g/mol. The van der Waals surface area contributed by atoms with Gasteiger partial charge in [0.2, 0.25) is 11.9 Å². The van der Waals surface area contributed by atoms with Gasteiger partial charge in [-0.2, -0.15) is 0 Å². The number of thioether (sulfide) groups is 1. The second kappa shape index (κ2) is 9.93. The maximum Gasteiger partial charge on any atom is 0.341 e. The number of esters is 1. The summed E-state index contributed by atoms with van der Waals surface area (Å²) in [5.74, 6) is 0.689. The molecule has 1 N–H and O–H groups in total. The first-order valence-corrected chi connectivity index (χ1v) is 11.3. The van der Waals surface area contributed by atoms with E-state index in [0.717, 1.165) is 21.5 Å². The molecule has 0 aliphatic rings. The van der Waals surface area contributed by atoms with Crippen LogP contribution in [-0.2, 0) is 10.5 Å². The first-order chi connectivity index (χ1) is 15.5. The number of halogens is 1. The number of aryl methyl sites for hydroxylation is 1. The number of hydrogen-bond donors (Lipinski definition) is 1. The maximum absolute atomic E-state index is 12.4. The molecule has 0 saturated heterocycles. The van der Waals surface area contributed by atoms with Crippen LogP contribution in [0, 0.1) is 6.92 Å². The molecule has 0 fully saturated rings. The van der Waals surface area contributed by atoms with Crippen molar-refractivity contribution in [2.75, 3.05) is 11.9 Å². The first-order valence-electron chi connectivity index (χ1n) is 9.95. The quantitative estimate of drug-likeness (QED) is 0.279. The number of nitrogens with zero attached hydrogens (tertiary/aromatic N) is 4. The standard InChI is InChI=1S/C23H20ClN5O2S/c1-3-31-21(30)18-12-25-22(28-20(18)13-32-16-10-8-15(24)9-11-16)29-23-26-14(2)17-6-4-5-7-19(17)27-23/h4-12H,3,13H2,1-2H3,(H,25,26,27,28,29). The fourth-order valence-electron chi connectivity index (χ4n) is 3.04. The zero-order valence-electron chi connectivity index (χ0n) is 17.5. The summed E-state index contributed by atoms with van der Waals surface area (Å²) in [5, 5.41) is 4.71. The van der Waals surface area contributed by atoms with E-state index >= 15 is 0 Å². The van der Waals surface area contributed by atoms with Gasteiger partial charge < -0.3 is 4.74 Å². The van der Waals surface area contributed by atoms with Crippen molar-refractivity contribution < 1.29 is 9.53 Å². The van der Waals surface area contributed by atoms with Gasteiger partial charge in [-0.1, -0.05) is 29.8 Å². The van der Waals surface area contributed by atoms with E-state index in [-0.39, 0.29) is 6.61 Å². The molecule has 0 radical (unpaired) electrons. The van der Waals surface area contributed by atoms with Gasteiger partial charge in [-0.05, 0) is 44.2 Å². The second-order valence-corrected chi connectivity index (χ2v) is 8.28. The number of rotatable bonds is 7. The highest BCUT2D eigenvalue weighted by Gasteiger charge is 2.17. The largest absolute Gasteiger partial charge is 0.462 e.